The number of aryl methyl sites for hydroxylation is 2. The van der Waals surface area contributed by atoms with Gasteiger partial charge >= 0.3 is 0 Å². The van der Waals surface area contributed by atoms with Gasteiger partial charge in [0.15, 0.2) is 5.13 Å². The quantitative estimate of drug-likeness (QED) is 0.748. The Morgan fingerprint density at radius 3 is 2.71 bits per heavy atom. The minimum atomic E-state index is -0.0352. The summed E-state index contributed by atoms with van der Waals surface area (Å²) in [6.07, 6.45) is 0.442. The Bertz CT molecular complexity index is 355. The molecular weight excluding hydrogens is 198 g/mol. The number of aromatic nitrogens is 1. The Kier molecular flexibility index (Phi) is 2.28. The molecule has 1 aliphatic heterocycles. The zero-order valence-electron chi connectivity index (χ0n) is 8.28. The number of thiazole rings is 1. The van der Waals surface area contributed by atoms with E-state index in [1.165, 1.54) is 0 Å². The Hall–Kier alpha value is -0.940. The number of carbonyl (C=O) groups excluding carboxylic acids is 1. The number of hydrogen-bond donors (Lipinski definition) is 1. The van der Waals surface area contributed by atoms with Crippen molar-refractivity contribution in [1.82, 2.24) is 4.98 Å². The van der Waals surface area contributed by atoms with Crippen LogP contribution in [0.25, 0.3) is 0 Å². The molecule has 4 nitrogen and oxygen atoms in total. The van der Waals surface area contributed by atoms with E-state index >= 15 is 0 Å². The molecule has 2 heterocycles. The minimum absolute atomic E-state index is 0.0352. The van der Waals surface area contributed by atoms with Crippen LogP contribution in [0.2, 0.25) is 0 Å². The maximum absolute atomic E-state index is 11.5. The van der Waals surface area contributed by atoms with Gasteiger partial charge in [-0.25, -0.2) is 4.98 Å². The highest BCUT2D eigenvalue weighted by atomic mass is 32.1. The van der Waals surface area contributed by atoms with Crippen LogP contribution in [-0.4, -0.2) is 23.5 Å². The first kappa shape index (κ1) is 9.61. The molecule has 1 fully saturated rings. The molecule has 0 bridgehead atoms. The Balaban J connectivity index is 2.27. The Morgan fingerprint density at radius 2 is 2.29 bits per heavy atom. The van der Waals surface area contributed by atoms with Crippen molar-refractivity contribution in [3.8, 4) is 0 Å². The first-order valence-electron chi connectivity index (χ1n) is 4.58. The second-order valence-electron chi connectivity index (χ2n) is 3.61. The van der Waals surface area contributed by atoms with Crippen molar-refractivity contribution in [2.75, 3.05) is 11.4 Å². The molecule has 1 aliphatic rings. The van der Waals surface area contributed by atoms with Crippen LogP contribution in [-0.2, 0) is 4.79 Å². The van der Waals surface area contributed by atoms with Gasteiger partial charge in [0.05, 0.1) is 5.69 Å². The average molecular weight is 211 g/mol. The number of hydrogen-bond acceptors (Lipinski definition) is 4. The van der Waals surface area contributed by atoms with Gasteiger partial charge in [0, 0.05) is 23.9 Å². The van der Waals surface area contributed by atoms with Crippen molar-refractivity contribution in [3.05, 3.63) is 10.6 Å². The highest BCUT2D eigenvalue weighted by molar-refractivity contribution is 7.15. The molecule has 5 heteroatoms. The maximum atomic E-state index is 11.5. The molecule has 0 radical (unpaired) electrons. The molecule has 1 amide bonds. The highest BCUT2D eigenvalue weighted by Crippen LogP contribution is 2.28. The summed E-state index contributed by atoms with van der Waals surface area (Å²) >= 11 is 1.56. The van der Waals surface area contributed by atoms with E-state index in [9.17, 15) is 4.79 Å². The first-order chi connectivity index (χ1) is 6.58. The molecule has 0 aliphatic carbocycles. The van der Waals surface area contributed by atoms with Crippen LogP contribution in [0, 0.1) is 13.8 Å². The van der Waals surface area contributed by atoms with Gasteiger partial charge in [0.1, 0.15) is 0 Å². The van der Waals surface area contributed by atoms with Gasteiger partial charge < -0.3 is 5.73 Å². The molecule has 0 saturated carbocycles. The number of nitrogens with zero attached hydrogens (tertiary/aromatic N) is 2. The summed E-state index contributed by atoms with van der Waals surface area (Å²) in [4.78, 5) is 18.7. The molecule has 1 aromatic heterocycles. The molecule has 1 atom stereocenters. The normalized spacial score (nSPS) is 22.1. The summed E-state index contributed by atoms with van der Waals surface area (Å²) in [5, 5.41) is 0.790. The van der Waals surface area contributed by atoms with E-state index in [-0.39, 0.29) is 11.9 Å². The van der Waals surface area contributed by atoms with E-state index in [4.69, 9.17) is 5.73 Å². The lowest BCUT2D eigenvalue weighted by atomic mass is 10.3. The van der Waals surface area contributed by atoms with Gasteiger partial charge in [0.2, 0.25) is 5.91 Å². The summed E-state index contributed by atoms with van der Waals surface area (Å²) in [7, 11) is 0. The minimum Gasteiger partial charge on any atom is -0.326 e. The van der Waals surface area contributed by atoms with E-state index in [2.05, 4.69) is 4.98 Å². The fraction of sp³-hybridized carbons (Fsp3) is 0.556. The third-order valence-corrected chi connectivity index (χ3v) is 3.50. The van der Waals surface area contributed by atoms with Crippen LogP contribution < -0.4 is 10.6 Å². The van der Waals surface area contributed by atoms with Gasteiger partial charge in [-0.2, -0.15) is 0 Å². The molecule has 14 heavy (non-hydrogen) atoms. The lowest BCUT2D eigenvalue weighted by molar-refractivity contribution is -0.117. The average Bonchev–Trinajstić information content (AvgIpc) is 2.57. The smallest absolute Gasteiger partial charge is 0.230 e. The number of rotatable bonds is 1. The first-order valence-corrected chi connectivity index (χ1v) is 5.39. The number of carbonyl (C=O) groups is 1. The largest absolute Gasteiger partial charge is 0.326 e. The molecule has 1 aromatic rings. The topological polar surface area (TPSA) is 59.2 Å². The maximum Gasteiger partial charge on any atom is 0.230 e. The number of nitrogens with two attached hydrogens (primary N) is 1. The van der Waals surface area contributed by atoms with Crippen LogP contribution in [0.3, 0.4) is 0 Å². The number of amides is 1. The summed E-state index contributed by atoms with van der Waals surface area (Å²) in [5.41, 5.74) is 6.71. The molecular formula is C9H13N3OS. The molecule has 2 rings (SSSR count). The van der Waals surface area contributed by atoms with Crippen LogP contribution in [0.15, 0.2) is 0 Å². The van der Waals surface area contributed by atoms with E-state index < -0.39 is 0 Å². The summed E-state index contributed by atoms with van der Waals surface area (Å²) in [5.74, 6) is 0.0891. The van der Waals surface area contributed by atoms with Crippen LogP contribution in [0.5, 0.6) is 0 Å². The van der Waals surface area contributed by atoms with Gasteiger partial charge in [-0.15, -0.1) is 11.3 Å². The van der Waals surface area contributed by atoms with Crippen LogP contribution in [0.4, 0.5) is 5.13 Å². The Labute approximate surface area is 86.7 Å². The highest BCUT2D eigenvalue weighted by Gasteiger charge is 2.30. The standard InChI is InChI=1S/C9H13N3OS/c1-5-6(2)14-9(11-5)12-4-7(10)3-8(12)13/h7H,3-4,10H2,1-2H3. The number of anilines is 1. The molecule has 0 spiro atoms. The Morgan fingerprint density at radius 1 is 1.57 bits per heavy atom. The van der Waals surface area contributed by atoms with Gasteiger partial charge in [0.25, 0.3) is 0 Å². The van der Waals surface area contributed by atoms with E-state index in [0.717, 1.165) is 15.7 Å². The predicted octanol–water partition coefficient (Wildman–Crippen LogP) is 0.824. The van der Waals surface area contributed by atoms with Crippen molar-refractivity contribution >= 4 is 22.4 Å². The van der Waals surface area contributed by atoms with Crippen LogP contribution in [0.1, 0.15) is 17.0 Å². The van der Waals surface area contributed by atoms with Gasteiger partial charge in [-0.3, -0.25) is 9.69 Å². The van der Waals surface area contributed by atoms with Crippen LogP contribution >= 0.6 is 11.3 Å². The SMILES string of the molecule is Cc1nc(N2CC(N)CC2=O)sc1C. The molecule has 2 N–H and O–H groups in total. The van der Waals surface area contributed by atoms with Gasteiger partial charge in [-0.1, -0.05) is 0 Å². The summed E-state index contributed by atoms with van der Waals surface area (Å²) < 4.78 is 0. The van der Waals surface area contributed by atoms with E-state index in [1.54, 1.807) is 16.2 Å². The zero-order valence-corrected chi connectivity index (χ0v) is 9.10. The van der Waals surface area contributed by atoms with E-state index in [1.807, 2.05) is 13.8 Å². The lowest BCUT2D eigenvalue weighted by Gasteiger charge is -2.10. The van der Waals surface area contributed by atoms with Crippen molar-refractivity contribution in [2.45, 2.75) is 26.3 Å². The molecule has 1 unspecified atom stereocenters. The fourth-order valence-corrected chi connectivity index (χ4v) is 2.43. The molecule has 1 saturated heterocycles. The van der Waals surface area contributed by atoms with Gasteiger partial charge in [-0.05, 0) is 13.8 Å². The lowest BCUT2D eigenvalue weighted by Crippen LogP contribution is -2.27. The van der Waals surface area contributed by atoms with Crippen molar-refractivity contribution in [3.63, 3.8) is 0 Å². The second-order valence-corrected chi connectivity index (χ2v) is 4.79. The van der Waals surface area contributed by atoms with Crippen molar-refractivity contribution < 1.29 is 4.79 Å². The fourth-order valence-electron chi connectivity index (χ4n) is 1.49. The van der Waals surface area contributed by atoms with E-state index in [0.29, 0.717) is 13.0 Å². The molecule has 76 valence electrons. The molecule has 0 aromatic carbocycles. The predicted molar refractivity (Wildman–Crippen MR) is 56.5 cm³/mol. The summed E-state index contributed by atoms with van der Waals surface area (Å²) in [6, 6.07) is -0.0352. The third-order valence-electron chi connectivity index (χ3n) is 2.40. The summed E-state index contributed by atoms with van der Waals surface area (Å²) in [6.45, 7) is 4.57. The van der Waals surface area contributed by atoms with Crippen molar-refractivity contribution in [1.29, 1.82) is 0 Å². The second kappa shape index (κ2) is 3.33. The van der Waals surface area contributed by atoms with Crippen molar-refractivity contribution in [2.24, 2.45) is 5.73 Å². The third kappa shape index (κ3) is 1.53. The zero-order chi connectivity index (χ0) is 10.3. The monoisotopic (exact) mass is 211 g/mol.